The van der Waals surface area contributed by atoms with E-state index < -0.39 is 0 Å². The van der Waals surface area contributed by atoms with Crippen LogP contribution in [0.15, 0.2) is 30.3 Å². The fourth-order valence-corrected chi connectivity index (χ4v) is 1.99. The van der Waals surface area contributed by atoms with Crippen molar-refractivity contribution in [2.45, 2.75) is 19.4 Å². The molecule has 0 aliphatic carbocycles. The number of benzene rings is 1. The lowest BCUT2D eigenvalue weighted by molar-refractivity contribution is -0.121. The van der Waals surface area contributed by atoms with Gasteiger partial charge in [0.25, 0.3) is 0 Å². The highest BCUT2D eigenvalue weighted by atomic mass is 16.1. The van der Waals surface area contributed by atoms with Crippen molar-refractivity contribution in [1.29, 1.82) is 0 Å². The average molecular weight is 218 g/mol. The highest BCUT2D eigenvalue weighted by Crippen LogP contribution is 2.06. The average Bonchev–Trinajstić information content (AvgIpc) is 2.30. The van der Waals surface area contributed by atoms with Gasteiger partial charge in [0, 0.05) is 32.6 Å². The molecule has 1 amide bonds. The van der Waals surface area contributed by atoms with Crippen molar-refractivity contribution >= 4 is 5.91 Å². The van der Waals surface area contributed by atoms with E-state index in [4.69, 9.17) is 0 Å². The molecule has 0 radical (unpaired) electrons. The maximum atomic E-state index is 11.3. The zero-order chi connectivity index (χ0) is 11.2. The second-order valence-electron chi connectivity index (χ2n) is 4.22. The molecule has 1 heterocycles. The van der Waals surface area contributed by atoms with Crippen LogP contribution in [0.2, 0.25) is 0 Å². The monoisotopic (exact) mass is 218 g/mol. The number of hydrogen-bond acceptors (Lipinski definition) is 2. The summed E-state index contributed by atoms with van der Waals surface area (Å²) in [7, 11) is 0. The Morgan fingerprint density at radius 2 is 2.00 bits per heavy atom. The van der Waals surface area contributed by atoms with Gasteiger partial charge < -0.3 is 5.32 Å². The highest BCUT2D eigenvalue weighted by molar-refractivity contribution is 5.76. The summed E-state index contributed by atoms with van der Waals surface area (Å²) >= 11 is 0. The fourth-order valence-electron chi connectivity index (χ4n) is 1.99. The van der Waals surface area contributed by atoms with Crippen molar-refractivity contribution in [3.05, 3.63) is 35.9 Å². The second-order valence-corrected chi connectivity index (χ2v) is 4.22. The number of carbonyl (C=O) groups excluding carboxylic acids is 1. The van der Waals surface area contributed by atoms with Gasteiger partial charge in [-0.25, -0.2) is 0 Å². The molecular weight excluding hydrogens is 200 g/mol. The molecule has 1 aromatic carbocycles. The molecule has 16 heavy (non-hydrogen) atoms. The van der Waals surface area contributed by atoms with E-state index in [1.165, 1.54) is 5.56 Å². The highest BCUT2D eigenvalue weighted by Gasteiger charge is 2.11. The molecule has 0 saturated carbocycles. The Bertz CT molecular complexity index is 337. The van der Waals surface area contributed by atoms with E-state index in [0.29, 0.717) is 6.42 Å². The van der Waals surface area contributed by atoms with Crippen LogP contribution in [0.1, 0.15) is 18.4 Å². The molecule has 0 bridgehead atoms. The van der Waals surface area contributed by atoms with E-state index in [-0.39, 0.29) is 5.91 Å². The van der Waals surface area contributed by atoms with Crippen LogP contribution >= 0.6 is 0 Å². The van der Waals surface area contributed by atoms with E-state index in [1.54, 1.807) is 0 Å². The summed E-state index contributed by atoms with van der Waals surface area (Å²) in [5.41, 5.74) is 1.32. The molecule has 1 saturated heterocycles. The molecule has 1 aliphatic heterocycles. The van der Waals surface area contributed by atoms with Crippen LogP contribution in [-0.4, -0.2) is 30.4 Å². The zero-order valence-electron chi connectivity index (χ0n) is 9.48. The van der Waals surface area contributed by atoms with Gasteiger partial charge in [-0.1, -0.05) is 30.3 Å². The quantitative estimate of drug-likeness (QED) is 0.813. The standard InChI is InChI=1S/C13H18N2O/c16-13-7-10-15(9-4-8-14-13)11-12-5-2-1-3-6-12/h1-3,5-6H,4,7-11H2,(H,14,16). The Kier molecular flexibility index (Phi) is 3.94. The summed E-state index contributed by atoms with van der Waals surface area (Å²) in [6, 6.07) is 10.4. The van der Waals surface area contributed by atoms with Gasteiger partial charge in [-0.3, -0.25) is 9.69 Å². The minimum absolute atomic E-state index is 0.178. The van der Waals surface area contributed by atoms with Crippen molar-refractivity contribution in [3.63, 3.8) is 0 Å². The van der Waals surface area contributed by atoms with Crippen LogP contribution in [0.3, 0.4) is 0 Å². The SMILES string of the molecule is O=C1CCN(Cc2ccccc2)CCCN1. The summed E-state index contributed by atoms with van der Waals surface area (Å²) in [6.07, 6.45) is 1.66. The number of amides is 1. The Hall–Kier alpha value is -1.35. The van der Waals surface area contributed by atoms with Crippen LogP contribution in [-0.2, 0) is 11.3 Å². The number of nitrogens with one attached hydrogen (secondary N) is 1. The summed E-state index contributed by atoms with van der Waals surface area (Å²) in [5, 5.41) is 2.90. The van der Waals surface area contributed by atoms with E-state index >= 15 is 0 Å². The minimum Gasteiger partial charge on any atom is -0.356 e. The van der Waals surface area contributed by atoms with Crippen LogP contribution in [0.5, 0.6) is 0 Å². The molecule has 86 valence electrons. The molecule has 3 heteroatoms. The Labute approximate surface area is 96.5 Å². The van der Waals surface area contributed by atoms with Crippen molar-refractivity contribution < 1.29 is 4.79 Å². The first-order valence-corrected chi connectivity index (χ1v) is 5.87. The molecule has 0 aromatic heterocycles. The molecule has 0 atom stereocenters. The molecule has 1 N–H and O–H groups in total. The number of carbonyl (C=O) groups is 1. The van der Waals surface area contributed by atoms with Crippen LogP contribution in [0.25, 0.3) is 0 Å². The first-order valence-electron chi connectivity index (χ1n) is 5.87. The largest absolute Gasteiger partial charge is 0.356 e. The Morgan fingerprint density at radius 3 is 2.81 bits per heavy atom. The van der Waals surface area contributed by atoms with Gasteiger partial charge in [-0.15, -0.1) is 0 Å². The van der Waals surface area contributed by atoms with Gasteiger partial charge in [-0.05, 0) is 12.0 Å². The third-order valence-corrected chi connectivity index (χ3v) is 2.88. The lowest BCUT2D eigenvalue weighted by Crippen LogP contribution is -2.36. The Morgan fingerprint density at radius 1 is 1.19 bits per heavy atom. The van der Waals surface area contributed by atoms with Gasteiger partial charge in [0.15, 0.2) is 0 Å². The molecule has 3 nitrogen and oxygen atoms in total. The third-order valence-electron chi connectivity index (χ3n) is 2.88. The summed E-state index contributed by atoms with van der Waals surface area (Å²) in [5.74, 6) is 0.178. The predicted octanol–water partition coefficient (Wildman–Crippen LogP) is 1.40. The molecule has 1 aliphatic rings. The number of hydrogen-bond donors (Lipinski definition) is 1. The molecule has 2 rings (SSSR count). The molecule has 1 aromatic rings. The minimum atomic E-state index is 0.178. The summed E-state index contributed by atoms with van der Waals surface area (Å²) in [6.45, 7) is 3.69. The smallest absolute Gasteiger partial charge is 0.221 e. The van der Waals surface area contributed by atoms with Gasteiger partial charge >= 0.3 is 0 Å². The number of nitrogens with zero attached hydrogens (tertiary/aromatic N) is 1. The normalized spacial score (nSPS) is 18.6. The van der Waals surface area contributed by atoms with Crippen LogP contribution in [0.4, 0.5) is 0 Å². The second kappa shape index (κ2) is 5.66. The van der Waals surface area contributed by atoms with Gasteiger partial charge in [0.05, 0.1) is 0 Å². The predicted molar refractivity (Wildman–Crippen MR) is 64.0 cm³/mol. The summed E-state index contributed by atoms with van der Waals surface area (Å²) < 4.78 is 0. The topological polar surface area (TPSA) is 32.3 Å². The van der Waals surface area contributed by atoms with Crippen LogP contribution < -0.4 is 5.32 Å². The van der Waals surface area contributed by atoms with E-state index in [1.807, 2.05) is 6.07 Å². The third kappa shape index (κ3) is 3.35. The lowest BCUT2D eigenvalue weighted by Gasteiger charge is -2.24. The van der Waals surface area contributed by atoms with Crippen molar-refractivity contribution in [1.82, 2.24) is 10.2 Å². The fraction of sp³-hybridized carbons (Fsp3) is 0.462. The molecule has 0 spiro atoms. The molecule has 1 fully saturated rings. The van der Waals surface area contributed by atoms with Gasteiger partial charge in [0.1, 0.15) is 0 Å². The molecular formula is C13H18N2O. The maximum Gasteiger partial charge on any atom is 0.221 e. The number of rotatable bonds is 2. The van der Waals surface area contributed by atoms with E-state index in [9.17, 15) is 4.79 Å². The first kappa shape index (κ1) is 11.1. The van der Waals surface area contributed by atoms with Crippen LogP contribution in [0, 0.1) is 0 Å². The maximum absolute atomic E-state index is 11.3. The van der Waals surface area contributed by atoms with E-state index in [2.05, 4.69) is 34.5 Å². The first-order chi connectivity index (χ1) is 7.84. The van der Waals surface area contributed by atoms with Crippen molar-refractivity contribution in [2.75, 3.05) is 19.6 Å². The van der Waals surface area contributed by atoms with Crippen molar-refractivity contribution in [3.8, 4) is 0 Å². The lowest BCUT2D eigenvalue weighted by atomic mass is 10.2. The van der Waals surface area contributed by atoms with Gasteiger partial charge in [-0.2, -0.15) is 0 Å². The van der Waals surface area contributed by atoms with Crippen molar-refractivity contribution in [2.24, 2.45) is 0 Å². The van der Waals surface area contributed by atoms with Gasteiger partial charge in [0.2, 0.25) is 5.91 Å². The summed E-state index contributed by atoms with van der Waals surface area (Å²) in [4.78, 5) is 13.7. The Balaban J connectivity index is 1.90. The van der Waals surface area contributed by atoms with E-state index in [0.717, 1.165) is 32.6 Å². The zero-order valence-corrected chi connectivity index (χ0v) is 9.48. The molecule has 0 unspecified atom stereocenters.